The lowest BCUT2D eigenvalue weighted by atomic mass is 10.2. The largest absolute Gasteiger partial charge is 0.469 e. The predicted octanol–water partition coefficient (Wildman–Crippen LogP) is 4.24. The summed E-state index contributed by atoms with van der Waals surface area (Å²) in [6, 6.07) is 0. The van der Waals surface area contributed by atoms with E-state index >= 15 is 0 Å². The average molecular weight is 325 g/mol. The van der Waals surface area contributed by atoms with Crippen molar-refractivity contribution in [3.8, 4) is 0 Å². The summed E-state index contributed by atoms with van der Waals surface area (Å²) in [6.45, 7) is 9.14. The monoisotopic (exact) mass is 325 g/mol. The molecular formula is C15H36NO4P. The van der Waals surface area contributed by atoms with Crippen molar-refractivity contribution in [1.82, 2.24) is 5.32 Å². The van der Waals surface area contributed by atoms with E-state index in [0.29, 0.717) is 0 Å². The van der Waals surface area contributed by atoms with Crippen LogP contribution in [0.15, 0.2) is 0 Å². The van der Waals surface area contributed by atoms with E-state index in [1.54, 1.807) is 0 Å². The van der Waals surface area contributed by atoms with Crippen LogP contribution in [0.1, 0.15) is 78.6 Å². The fourth-order valence-corrected chi connectivity index (χ4v) is 1.98. The van der Waals surface area contributed by atoms with Gasteiger partial charge in [0.05, 0.1) is 6.61 Å². The molecule has 21 heavy (non-hydrogen) atoms. The fraction of sp³-hybridized carbons (Fsp3) is 1.00. The molecule has 0 aliphatic carbocycles. The Bertz CT molecular complexity index is 228. The third kappa shape index (κ3) is 28.9. The molecule has 0 amide bonds. The molecule has 0 heterocycles. The van der Waals surface area contributed by atoms with E-state index in [2.05, 4.69) is 30.6 Å². The summed E-state index contributed by atoms with van der Waals surface area (Å²) in [5.74, 6) is 0. The number of phosphoric ester groups is 1. The Hall–Kier alpha value is 0.0700. The molecule has 6 heteroatoms. The van der Waals surface area contributed by atoms with Gasteiger partial charge in [0, 0.05) is 0 Å². The standard InChI is InChI=1S/C8H19N.C7H17O4P/c1-3-5-7-9-8-6-4-2;1-2-3-4-5-6-7-11-12(8,9)10/h9H,3-8H2,1-2H3;2-7H2,1H3,(H2,8,9,10). The molecule has 3 N–H and O–H groups in total. The van der Waals surface area contributed by atoms with Gasteiger partial charge in [-0.05, 0) is 32.4 Å². The van der Waals surface area contributed by atoms with Crippen LogP contribution in [0, 0.1) is 0 Å². The Kier molecular flexibility index (Phi) is 20.1. The second-order valence-electron chi connectivity index (χ2n) is 5.20. The minimum atomic E-state index is -4.22. The van der Waals surface area contributed by atoms with E-state index in [0.717, 1.165) is 19.3 Å². The highest BCUT2D eigenvalue weighted by Gasteiger charge is 2.11. The van der Waals surface area contributed by atoms with Crippen LogP contribution in [0.2, 0.25) is 0 Å². The van der Waals surface area contributed by atoms with E-state index in [4.69, 9.17) is 9.79 Å². The van der Waals surface area contributed by atoms with Crippen LogP contribution in [-0.4, -0.2) is 29.5 Å². The maximum Gasteiger partial charge on any atom is 0.469 e. The third-order valence-corrected chi connectivity index (χ3v) is 3.44. The van der Waals surface area contributed by atoms with Crippen molar-refractivity contribution in [1.29, 1.82) is 0 Å². The topological polar surface area (TPSA) is 78.8 Å². The van der Waals surface area contributed by atoms with Crippen LogP contribution in [-0.2, 0) is 9.09 Å². The minimum Gasteiger partial charge on any atom is -0.317 e. The predicted molar refractivity (Wildman–Crippen MR) is 89.4 cm³/mol. The molecule has 0 aromatic heterocycles. The normalized spacial score (nSPS) is 11.1. The molecule has 130 valence electrons. The Morgan fingerprint density at radius 3 is 1.71 bits per heavy atom. The molecule has 5 nitrogen and oxygen atoms in total. The highest BCUT2D eigenvalue weighted by atomic mass is 31.2. The molecular weight excluding hydrogens is 289 g/mol. The molecule has 0 fully saturated rings. The van der Waals surface area contributed by atoms with Crippen molar-refractivity contribution in [2.75, 3.05) is 19.7 Å². The van der Waals surface area contributed by atoms with Crippen LogP contribution in [0.25, 0.3) is 0 Å². The lowest BCUT2D eigenvalue weighted by Crippen LogP contribution is -2.15. The van der Waals surface area contributed by atoms with Crippen molar-refractivity contribution in [2.45, 2.75) is 78.6 Å². The Morgan fingerprint density at radius 1 is 0.810 bits per heavy atom. The third-order valence-electron chi connectivity index (χ3n) is 2.92. The summed E-state index contributed by atoms with van der Waals surface area (Å²) in [6.07, 6.45) is 10.4. The zero-order chi connectivity index (χ0) is 16.4. The van der Waals surface area contributed by atoms with Gasteiger partial charge in [-0.2, -0.15) is 0 Å². The molecule has 0 rings (SSSR count). The summed E-state index contributed by atoms with van der Waals surface area (Å²) in [5.41, 5.74) is 0. The molecule has 0 saturated carbocycles. The summed E-state index contributed by atoms with van der Waals surface area (Å²) in [4.78, 5) is 16.6. The van der Waals surface area contributed by atoms with Crippen molar-refractivity contribution >= 4 is 7.82 Å². The SMILES string of the molecule is CCCCCCCOP(=O)(O)O.CCCCNCCCC. The number of hydrogen-bond acceptors (Lipinski definition) is 3. The first-order valence-corrected chi connectivity index (χ1v) is 9.91. The molecule has 0 radical (unpaired) electrons. The number of phosphoric acid groups is 1. The van der Waals surface area contributed by atoms with Gasteiger partial charge in [-0.25, -0.2) is 4.57 Å². The second-order valence-corrected chi connectivity index (χ2v) is 6.43. The summed E-state index contributed by atoms with van der Waals surface area (Å²) in [5, 5.41) is 3.39. The molecule has 0 bridgehead atoms. The summed E-state index contributed by atoms with van der Waals surface area (Å²) < 4.78 is 14.5. The Labute approximate surface area is 131 Å². The van der Waals surface area contributed by atoms with Crippen molar-refractivity contribution in [3.05, 3.63) is 0 Å². The smallest absolute Gasteiger partial charge is 0.317 e. The van der Waals surface area contributed by atoms with Crippen molar-refractivity contribution < 1.29 is 18.9 Å². The maximum atomic E-state index is 10.2. The average Bonchev–Trinajstić information content (AvgIpc) is 2.42. The Morgan fingerprint density at radius 2 is 1.29 bits per heavy atom. The highest BCUT2D eigenvalue weighted by molar-refractivity contribution is 7.46. The van der Waals surface area contributed by atoms with Gasteiger partial charge in [0.25, 0.3) is 0 Å². The van der Waals surface area contributed by atoms with Crippen LogP contribution < -0.4 is 5.32 Å². The minimum absolute atomic E-state index is 0.161. The van der Waals surface area contributed by atoms with Gasteiger partial charge in [0.1, 0.15) is 0 Å². The quantitative estimate of drug-likeness (QED) is 0.349. The first-order valence-electron chi connectivity index (χ1n) is 8.38. The van der Waals surface area contributed by atoms with Gasteiger partial charge >= 0.3 is 7.82 Å². The highest BCUT2D eigenvalue weighted by Crippen LogP contribution is 2.35. The lowest BCUT2D eigenvalue weighted by Gasteiger charge is -2.03. The molecule has 0 aromatic rings. The number of rotatable bonds is 13. The Balaban J connectivity index is 0. The van der Waals surface area contributed by atoms with Crippen LogP contribution in [0.4, 0.5) is 0 Å². The van der Waals surface area contributed by atoms with Gasteiger partial charge < -0.3 is 15.1 Å². The van der Waals surface area contributed by atoms with Gasteiger partial charge in [-0.3, -0.25) is 4.52 Å². The molecule has 0 aliphatic rings. The van der Waals surface area contributed by atoms with E-state index in [1.165, 1.54) is 51.6 Å². The van der Waals surface area contributed by atoms with Gasteiger partial charge in [0.2, 0.25) is 0 Å². The van der Waals surface area contributed by atoms with Crippen LogP contribution in [0.3, 0.4) is 0 Å². The molecule has 0 saturated heterocycles. The van der Waals surface area contributed by atoms with Crippen LogP contribution >= 0.6 is 7.82 Å². The van der Waals surface area contributed by atoms with Gasteiger partial charge in [-0.15, -0.1) is 0 Å². The first kappa shape index (κ1) is 23.3. The van der Waals surface area contributed by atoms with E-state index in [-0.39, 0.29) is 6.61 Å². The van der Waals surface area contributed by atoms with Crippen molar-refractivity contribution in [2.24, 2.45) is 0 Å². The van der Waals surface area contributed by atoms with E-state index < -0.39 is 7.82 Å². The number of nitrogens with one attached hydrogen (secondary N) is 1. The maximum absolute atomic E-state index is 10.2. The number of unbranched alkanes of at least 4 members (excludes halogenated alkanes) is 6. The number of hydrogen-bond donors (Lipinski definition) is 3. The first-order chi connectivity index (χ1) is 9.97. The molecule has 0 aromatic carbocycles. The van der Waals surface area contributed by atoms with E-state index in [1.807, 2.05) is 0 Å². The van der Waals surface area contributed by atoms with Crippen LogP contribution in [0.5, 0.6) is 0 Å². The van der Waals surface area contributed by atoms with Gasteiger partial charge in [0.15, 0.2) is 0 Å². The molecule has 0 atom stereocenters. The summed E-state index contributed by atoms with van der Waals surface area (Å²) >= 11 is 0. The van der Waals surface area contributed by atoms with Crippen molar-refractivity contribution in [3.63, 3.8) is 0 Å². The van der Waals surface area contributed by atoms with Gasteiger partial charge in [-0.1, -0.05) is 59.3 Å². The zero-order valence-electron chi connectivity index (χ0n) is 14.1. The second kappa shape index (κ2) is 18.1. The lowest BCUT2D eigenvalue weighted by molar-refractivity contribution is 0.193. The molecule has 0 spiro atoms. The fourth-order valence-electron chi connectivity index (χ4n) is 1.62. The zero-order valence-corrected chi connectivity index (χ0v) is 15.0. The van der Waals surface area contributed by atoms with E-state index in [9.17, 15) is 4.57 Å². The molecule has 0 unspecified atom stereocenters. The molecule has 0 aliphatic heterocycles. The summed E-state index contributed by atoms with van der Waals surface area (Å²) in [7, 11) is -4.22.